The third kappa shape index (κ3) is 8.33. The predicted octanol–water partition coefficient (Wildman–Crippen LogP) is 8.81. The van der Waals surface area contributed by atoms with Crippen LogP contribution in [0.4, 0.5) is 0 Å². The maximum Gasteiger partial charge on any atom is 0.192 e. The molecule has 188 valence electrons. The Morgan fingerprint density at radius 3 is 1.12 bits per heavy atom. The van der Waals surface area contributed by atoms with Crippen LogP contribution in [0.15, 0.2) is 71.8 Å². The van der Waals surface area contributed by atoms with Crippen molar-refractivity contribution in [1.82, 2.24) is 0 Å². The van der Waals surface area contributed by atoms with Crippen LogP contribution in [0.25, 0.3) is 0 Å². The quantitative estimate of drug-likeness (QED) is 0.242. The van der Waals surface area contributed by atoms with Crippen molar-refractivity contribution in [2.75, 3.05) is 13.2 Å². The zero-order valence-electron chi connectivity index (χ0n) is 23.4. The van der Waals surface area contributed by atoms with E-state index in [-0.39, 0.29) is 10.1 Å². The molecule has 0 heterocycles. The van der Waals surface area contributed by atoms with Crippen molar-refractivity contribution >= 4 is 16.6 Å². The first-order chi connectivity index (χ1) is 15.6. The molecule has 0 aliphatic heterocycles. The number of rotatable bonds is 10. The van der Waals surface area contributed by atoms with Crippen LogP contribution < -0.4 is 0 Å². The highest BCUT2D eigenvalue weighted by molar-refractivity contribution is 6.74. The molecule has 0 atom stereocenters. The first-order valence-electron chi connectivity index (χ1n) is 12.7. The third-order valence-electron chi connectivity index (χ3n) is 7.85. The van der Waals surface area contributed by atoms with E-state index in [0.29, 0.717) is 13.2 Å². The zero-order valence-corrected chi connectivity index (χ0v) is 25.4. The molecule has 2 aromatic carbocycles. The average Bonchev–Trinajstić information content (AvgIpc) is 2.74. The van der Waals surface area contributed by atoms with E-state index in [0.717, 1.165) is 12.8 Å². The Hall–Kier alpha value is -1.47. The molecule has 2 nitrogen and oxygen atoms in total. The summed E-state index contributed by atoms with van der Waals surface area (Å²) < 4.78 is 13.6. The summed E-state index contributed by atoms with van der Waals surface area (Å²) in [6.45, 7) is 24.6. The minimum Gasteiger partial charge on any atom is -0.413 e. The second-order valence-corrected chi connectivity index (χ2v) is 22.2. The molecule has 0 spiro atoms. The largest absolute Gasteiger partial charge is 0.413 e. The van der Waals surface area contributed by atoms with Crippen molar-refractivity contribution in [2.24, 2.45) is 0 Å². The zero-order chi connectivity index (χ0) is 25.6. The molecule has 2 aromatic rings. The first-order valence-corrected chi connectivity index (χ1v) is 18.5. The standard InChI is InChI=1S/C30H48O2Si2/c1-29(2,3)33(7,8)31-23-27(21-25-17-13-11-14-18-25)28(22-26-19-15-12-16-20-26)24-32-34(9,10)30(4,5)6/h11-20H,21-24H2,1-10H3/b28-27-. The van der Waals surface area contributed by atoms with Crippen LogP contribution >= 0.6 is 0 Å². The molecule has 2 rings (SSSR count). The fourth-order valence-corrected chi connectivity index (χ4v) is 5.14. The highest BCUT2D eigenvalue weighted by Gasteiger charge is 2.38. The van der Waals surface area contributed by atoms with Crippen molar-refractivity contribution in [3.05, 3.63) is 82.9 Å². The van der Waals surface area contributed by atoms with E-state index in [2.05, 4.69) is 128 Å². The van der Waals surface area contributed by atoms with Crippen molar-refractivity contribution < 1.29 is 8.85 Å². The number of hydrogen-bond acceptors (Lipinski definition) is 2. The van der Waals surface area contributed by atoms with Gasteiger partial charge >= 0.3 is 0 Å². The third-order valence-corrected chi connectivity index (χ3v) is 16.8. The Morgan fingerprint density at radius 2 is 0.853 bits per heavy atom. The molecule has 4 heteroatoms. The van der Waals surface area contributed by atoms with Crippen LogP contribution in [0, 0.1) is 0 Å². The molecule has 0 N–H and O–H groups in total. The van der Waals surface area contributed by atoms with Gasteiger partial charge in [-0.05, 0) is 71.4 Å². The fourth-order valence-electron chi connectivity index (χ4n) is 3.21. The molecular weight excluding hydrogens is 449 g/mol. The van der Waals surface area contributed by atoms with Crippen LogP contribution in [0.1, 0.15) is 52.7 Å². The molecule has 0 aromatic heterocycles. The fraction of sp³-hybridized carbons (Fsp3) is 0.533. The second kappa shape index (κ2) is 11.5. The van der Waals surface area contributed by atoms with Crippen LogP contribution in [-0.4, -0.2) is 29.8 Å². The lowest BCUT2D eigenvalue weighted by molar-refractivity contribution is 0.298. The van der Waals surface area contributed by atoms with Gasteiger partial charge < -0.3 is 8.85 Å². The minimum atomic E-state index is -1.88. The maximum absolute atomic E-state index is 6.78. The van der Waals surface area contributed by atoms with Gasteiger partial charge in [0, 0.05) is 0 Å². The van der Waals surface area contributed by atoms with Gasteiger partial charge in [0.05, 0.1) is 13.2 Å². The summed E-state index contributed by atoms with van der Waals surface area (Å²) in [5, 5.41) is 0.365. The van der Waals surface area contributed by atoms with E-state index >= 15 is 0 Å². The van der Waals surface area contributed by atoms with E-state index in [1.165, 1.54) is 22.3 Å². The van der Waals surface area contributed by atoms with Crippen molar-refractivity contribution in [1.29, 1.82) is 0 Å². The molecule has 0 bridgehead atoms. The Labute approximate surface area is 212 Å². The smallest absolute Gasteiger partial charge is 0.192 e. The highest BCUT2D eigenvalue weighted by Crippen LogP contribution is 2.38. The van der Waals surface area contributed by atoms with Crippen molar-refractivity contribution in [3.8, 4) is 0 Å². The summed E-state index contributed by atoms with van der Waals surface area (Å²) >= 11 is 0. The van der Waals surface area contributed by atoms with Crippen molar-refractivity contribution in [3.63, 3.8) is 0 Å². The van der Waals surface area contributed by atoms with Gasteiger partial charge in [0.1, 0.15) is 0 Å². The van der Waals surface area contributed by atoms with E-state index in [1.54, 1.807) is 0 Å². The molecule has 34 heavy (non-hydrogen) atoms. The molecule has 0 saturated heterocycles. The van der Waals surface area contributed by atoms with Crippen LogP contribution in [0.3, 0.4) is 0 Å². The minimum absolute atomic E-state index is 0.183. The van der Waals surface area contributed by atoms with Crippen LogP contribution in [0.5, 0.6) is 0 Å². The Morgan fingerprint density at radius 1 is 0.559 bits per heavy atom. The molecule has 0 amide bonds. The van der Waals surface area contributed by atoms with Gasteiger partial charge in [-0.2, -0.15) is 0 Å². The Bertz CT molecular complexity index is 840. The number of hydrogen-bond donors (Lipinski definition) is 0. The molecule has 0 aliphatic rings. The lowest BCUT2D eigenvalue weighted by Crippen LogP contribution is -2.42. The monoisotopic (exact) mass is 496 g/mol. The number of benzene rings is 2. The lowest BCUT2D eigenvalue weighted by Gasteiger charge is -2.38. The van der Waals surface area contributed by atoms with Gasteiger partial charge in [0.25, 0.3) is 0 Å². The van der Waals surface area contributed by atoms with Crippen LogP contribution in [0.2, 0.25) is 36.3 Å². The SMILES string of the molecule is CC(C)(C)[Si](C)(C)OC/C(Cc1ccccc1)=C(\CO[Si](C)(C)C(C)(C)C)Cc1ccccc1. The first kappa shape index (κ1) is 28.8. The molecule has 0 saturated carbocycles. The molecule has 0 radical (unpaired) electrons. The van der Waals surface area contributed by atoms with E-state index < -0.39 is 16.6 Å². The summed E-state index contributed by atoms with van der Waals surface area (Å²) in [4.78, 5) is 0. The second-order valence-electron chi connectivity index (χ2n) is 12.6. The topological polar surface area (TPSA) is 18.5 Å². The summed E-state index contributed by atoms with van der Waals surface area (Å²) in [7, 11) is -3.76. The van der Waals surface area contributed by atoms with E-state index in [9.17, 15) is 0 Å². The van der Waals surface area contributed by atoms with Gasteiger partial charge in [-0.15, -0.1) is 0 Å². The lowest BCUT2D eigenvalue weighted by atomic mass is 9.96. The van der Waals surface area contributed by atoms with Crippen LogP contribution in [-0.2, 0) is 21.7 Å². The molecule has 0 fully saturated rings. The molecule has 0 unspecified atom stereocenters. The molecule has 0 aliphatic carbocycles. The van der Waals surface area contributed by atoms with Gasteiger partial charge in [0.2, 0.25) is 0 Å². The molecular formula is C30H48O2Si2. The Balaban J connectivity index is 2.47. The summed E-state index contributed by atoms with van der Waals surface area (Å²) in [6, 6.07) is 21.6. The average molecular weight is 497 g/mol. The van der Waals surface area contributed by atoms with Gasteiger partial charge in [0.15, 0.2) is 16.6 Å². The van der Waals surface area contributed by atoms with E-state index in [1.807, 2.05) is 0 Å². The normalized spacial score (nSPS) is 14.2. The predicted molar refractivity (Wildman–Crippen MR) is 154 cm³/mol. The highest BCUT2D eigenvalue weighted by atomic mass is 28.4. The summed E-state index contributed by atoms with van der Waals surface area (Å²) in [5.74, 6) is 0. The van der Waals surface area contributed by atoms with Gasteiger partial charge in [-0.1, -0.05) is 102 Å². The Kier molecular flexibility index (Phi) is 9.74. The van der Waals surface area contributed by atoms with Crippen molar-refractivity contribution in [2.45, 2.75) is 90.6 Å². The van der Waals surface area contributed by atoms with Gasteiger partial charge in [-0.3, -0.25) is 0 Å². The maximum atomic E-state index is 6.78. The summed E-state index contributed by atoms with van der Waals surface area (Å²) in [6.07, 6.45) is 1.80. The van der Waals surface area contributed by atoms with Gasteiger partial charge in [-0.25, -0.2) is 0 Å². The van der Waals surface area contributed by atoms with E-state index in [4.69, 9.17) is 8.85 Å². The summed E-state index contributed by atoms with van der Waals surface area (Å²) in [5.41, 5.74) is 5.40.